The fourth-order valence-corrected chi connectivity index (χ4v) is 5.39. The van der Waals surface area contributed by atoms with Crippen LogP contribution >= 0.6 is 8.25 Å². The van der Waals surface area contributed by atoms with Crippen molar-refractivity contribution in [1.82, 2.24) is 9.55 Å². The second-order valence-electron chi connectivity index (χ2n) is 8.51. The largest absolute Gasteiger partial charge is 1.00 e. The molecular weight excluding hydrogens is 466 g/mol. The number of carbonyl (C=O) groups is 1. The summed E-state index contributed by atoms with van der Waals surface area (Å²) in [5.74, 6) is -0.814. The second-order valence-corrected chi connectivity index (χ2v) is 9.14. The molecule has 4 heterocycles. The number of aromatic nitrogens is 2. The normalized spacial score (nSPS) is 18.6. The Kier molecular flexibility index (Phi) is 7.11. The van der Waals surface area contributed by atoms with Gasteiger partial charge in [0.2, 0.25) is 5.60 Å². The van der Waals surface area contributed by atoms with Gasteiger partial charge in [-0.05, 0) is 53.7 Å². The minimum absolute atomic E-state index is 0. The molecule has 34 heavy (non-hydrogen) atoms. The standard InChI is InChI=1S/C24H23N2O6P.Na/c1-3-5-6-14-7-8-19-15(9-14)10-16-12-26-20(21(16)25-19)11-18-17(22(26)27)13-31-23(28)24(18,4-2)32-33(29)30;/h7-11H,3-6,12-13H2,1-2H3;/q;+1/t24-;/m0./s1. The second kappa shape index (κ2) is 9.61. The number of carbonyl (C=O) groups excluding carboxylic acids is 1. The van der Waals surface area contributed by atoms with Gasteiger partial charge in [-0.1, -0.05) is 26.3 Å². The Labute approximate surface area is 219 Å². The molecule has 0 bridgehead atoms. The van der Waals surface area contributed by atoms with Crippen LogP contribution in [0, 0.1) is 0 Å². The van der Waals surface area contributed by atoms with Gasteiger partial charge in [-0.2, -0.15) is 0 Å². The topological polar surface area (TPSA) is 111 Å². The van der Waals surface area contributed by atoms with Crippen LogP contribution in [0.2, 0.25) is 0 Å². The molecular formula is C24H23N2NaO6P+. The molecule has 3 aromatic rings. The molecule has 0 aliphatic carbocycles. The molecule has 1 unspecified atom stereocenters. The molecule has 170 valence electrons. The van der Waals surface area contributed by atoms with E-state index in [2.05, 4.69) is 25.1 Å². The summed E-state index contributed by atoms with van der Waals surface area (Å²) in [6.45, 7) is 3.91. The summed E-state index contributed by atoms with van der Waals surface area (Å²) in [6.07, 6.45) is 3.25. The number of hydrogen-bond donors (Lipinski definition) is 0. The van der Waals surface area contributed by atoms with Crippen molar-refractivity contribution in [2.75, 3.05) is 0 Å². The van der Waals surface area contributed by atoms with Crippen LogP contribution in [0.4, 0.5) is 0 Å². The van der Waals surface area contributed by atoms with Gasteiger partial charge in [0.15, 0.2) is 0 Å². The smallest absolute Gasteiger partial charge is 0.566 e. The van der Waals surface area contributed by atoms with E-state index in [4.69, 9.17) is 14.2 Å². The van der Waals surface area contributed by atoms with Gasteiger partial charge >= 0.3 is 43.8 Å². The van der Waals surface area contributed by atoms with Gasteiger partial charge in [0.25, 0.3) is 5.56 Å². The molecule has 10 heteroatoms. The molecule has 0 radical (unpaired) electrons. The first-order chi connectivity index (χ1) is 15.9. The first-order valence-electron chi connectivity index (χ1n) is 11.1. The van der Waals surface area contributed by atoms with Crippen molar-refractivity contribution in [2.24, 2.45) is 0 Å². The number of esters is 1. The van der Waals surface area contributed by atoms with Gasteiger partial charge < -0.3 is 14.2 Å². The molecule has 2 aliphatic rings. The number of nitrogens with zero attached hydrogens (tertiary/aromatic N) is 2. The van der Waals surface area contributed by atoms with Gasteiger partial charge in [0, 0.05) is 16.5 Å². The zero-order valence-electron chi connectivity index (χ0n) is 19.4. The minimum Gasteiger partial charge on any atom is -0.566 e. The molecule has 0 saturated carbocycles. The molecule has 0 N–H and O–H groups in total. The molecule has 1 aromatic carbocycles. The Hall–Kier alpha value is -1.93. The van der Waals surface area contributed by atoms with Crippen LogP contribution < -0.4 is 40.0 Å². The van der Waals surface area contributed by atoms with Crippen LogP contribution in [-0.4, -0.2) is 15.5 Å². The summed E-state index contributed by atoms with van der Waals surface area (Å²) in [4.78, 5) is 42.3. The predicted molar refractivity (Wildman–Crippen MR) is 120 cm³/mol. The first kappa shape index (κ1) is 25.2. The van der Waals surface area contributed by atoms with E-state index in [1.165, 1.54) is 5.56 Å². The average molecular weight is 489 g/mol. The number of unbranched alkanes of at least 4 members (excludes halogenated alkanes) is 1. The number of pyridine rings is 2. The van der Waals surface area contributed by atoms with Crippen LogP contribution in [0.5, 0.6) is 0 Å². The number of cyclic esters (lactones) is 1. The number of rotatable bonds is 6. The fraction of sp³-hybridized carbons (Fsp3) is 0.375. The van der Waals surface area contributed by atoms with E-state index in [0.717, 1.165) is 35.7 Å². The van der Waals surface area contributed by atoms with Crippen LogP contribution in [0.25, 0.3) is 22.3 Å². The van der Waals surface area contributed by atoms with E-state index in [1.54, 1.807) is 17.6 Å². The van der Waals surface area contributed by atoms with Crippen molar-refractivity contribution < 1.29 is 53.1 Å². The monoisotopic (exact) mass is 489 g/mol. The molecule has 0 saturated heterocycles. The third kappa shape index (κ3) is 3.96. The molecule has 2 atom stereocenters. The van der Waals surface area contributed by atoms with Crippen LogP contribution in [0.15, 0.2) is 35.1 Å². The third-order valence-corrected chi connectivity index (χ3v) is 7.05. The van der Waals surface area contributed by atoms with Crippen molar-refractivity contribution in [3.8, 4) is 11.4 Å². The summed E-state index contributed by atoms with van der Waals surface area (Å²) in [5.41, 5.74) is 2.43. The number of aryl methyl sites for hydroxylation is 1. The fourth-order valence-electron chi connectivity index (χ4n) is 4.84. The van der Waals surface area contributed by atoms with Crippen LogP contribution in [0.1, 0.15) is 55.4 Å². The maximum Gasteiger partial charge on any atom is 1.00 e. The zero-order valence-corrected chi connectivity index (χ0v) is 22.3. The SMILES string of the molecule is CCCCc1ccc2nc3c(cc2c1)Cn1c-3cc2c(c1=O)COC(=O)[C@@]2(CC)O[P+](=O)[O-].[Na+]. The molecule has 8 nitrogen and oxygen atoms in total. The Morgan fingerprint density at radius 3 is 2.74 bits per heavy atom. The van der Waals surface area contributed by atoms with Crippen LogP contribution in [0.3, 0.4) is 0 Å². The van der Waals surface area contributed by atoms with E-state index in [0.29, 0.717) is 17.9 Å². The van der Waals surface area contributed by atoms with Gasteiger partial charge in [0.1, 0.15) is 6.61 Å². The van der Waals surface area contributed by atoms with E-state index in [-0.39, 0.29) is 59.3 Å². The summed E-state index contributed by atoms with van der Waals surface area (Å²) in [6, 6.07) is 9.92. The summed E-state index contributed by atoms with van der Waals surface area (Å²) < 4.78 is 23.3. The number of benzene rings is 1. The van der Waals surface area contributed by atoms with Gasteiger partial charge in [-0.3, -0.25) is 4.79 Å². The Morgan fingerprint density at radius 2 is 2.03 bits per heavy atom. The Morgan fingerprint density at radius 1 is 1.24 bits per heavy atom. The molecule has 5 rings (SSSR count). The molecule has 0 fully saturated rings. The average Bonchev–Trinajstić information content (AvgIpc) is 3.15. The van der Waals surface area contributed by atoms with Crippen LogP contribution in [-0.2, 0) is 43.8 Å². The van der Waals surface area contributed by atoms with Crippen molar-refractivity contribution in [1.29, 1.82) is 0 Å². The van der Waals surface area contributed by atoms with Crippen molar-refractivity contribution in [3.63, 3.8) is 0 Å². The van der Waals surface area contributed by atoms with Crippen molar-refractivity contribution in [2.45, 2.75) is 58.3 Å². The summed E-state index contributed by atoms with van der Waals surface area (Å²) >= 11 is 0. The van der Waals surface area contributed by atoms with Crippen molar-refractivity contribution in [3.05, 3.63) is 62.9 Å². The summed E-state index contributed by atoms with van der Waals surface area (Å²) in [5, 5.41) is 1.01. The maximum atomic E-state index is 13.4. The number of ether oxygens (including phenoxy) is 1. The third-order valence-electron chi connectivity index (χ3n) is 6.59. The summed E-state index contributed by atoms with van der Waals surface area (Å²) in [7, 11) is -3.35. The molecule has 0 spiro atoms. The Balaban J connectivity index is 0.00000274. The molecule has 2 aliphatic heterocycles. The minimum atomic E-state index is -3.35. The maximum absolute atomic E-state index is 13.4. The predicted octanol–water partition coefficient (Wildman–Crippen LogP) is 0.468. The van der Waals surface area contributed by atoms with E-state index < -0.39 is 19.8 Å². The van der Waals surface area contributed by atoms with Gasteiger partial charge in [-0.15, -0.1) is 4.52 Å². The Bertz CT molecular complexity index is 1390. The van der Waals surface area contributed by atoms with E-state index >= 15 is 0 Å². The van der Waals surface area contributed by atoms with E-state index in [1.807, 2.05) is 6.07 Å². The molecule has 0 amide bonds. The number of hydrogen-bond acceptors (Lipinski definition) is 7. The first-order valence-corrected chi connectivity index (χ1v) is 12.2. The quantitative estimate of drug-likeness (QED) is 0.220. The molecule has 2 aromatic heterocycles. The number of fused-ring (bicyclic) bond motifs is 5. The van der Waals surface area contributed by atoms with Gasteiger partial charge in [-0.25, -0.2) is 9.78 Å². The van der Waals surface area contributed by atoms with E-state index in [9.17, 15) is 19.0 Å². The van der Waals surface area contributed by atoms with Crippen molar-refractivity contribution >= 4 is 25.1 Å². The zero-order chi connectivity index (χ0) is 23.3. The van der Waals surface area contributed by atoms with Gasteiger partial charge in [0.05, 0.1) is 29.0 Å².